The van der Waals surface area contributed by atoms with Gasteiger partial charge in [-0.15, -0.1) is 10.2 Å². The standard InChI is InChI=1S/C30H24N6O7S2/c1-2-43-24-11-7-22(8-12-24)34-35-29-17-18-30(28-19-26(45(40,41)42)15-16-27(28)29)36-33-21-5-3-20(4-6-21)31-32-23-9-13-25(14-10-23)44(37,38)39/h3-19H,2H2,1H3,(H,37,38,39)(H,40,41,42). The van der Waals surface area contributed by atoms with Crippen molar-refractivity contribution in [2.75, 3.05) is 6.61 Å². The maximum Gasteiger partial charge on any atom is 0.294 e. The highest BCUT2D eigenvalue weighted by molar-refractivity contribution is 7.86. The van der Waals surface area contributed by atoms with Gasteiger partial charge < -0.3 is 4.74 Å². The topological polar surface area (TPSA) is 192 Å². The molecule has 0 fully saturated rings. The summed E-state index contributed by atoms with van der Waals surface area (Å²) in [6.07, 6.45) is 0. The van der Waals surface area contributed by atoms with Crippen molar-refractivity contribution >= 4 is 65.1 Å². The van der Waals surface area contributed by atoms with Crippen molar-refractivity contribution in [2.45, 2.75) is 16.7 Å². The monoisotopic (exact) mass is 644 g/mol. The van der Waals surface area contributed by atoms with Gasteiger partial charge in [-0.3, -0.25) is 9.11 Å². The van der Waals surface area contributed by atoms with Crippen LogP contribution >= 0.6 is 0 Å². The quantitative estimate of drug-likeness (QED) is 0.112. The van der Waals surface area contributed by atoms with E-state index in [0.717, 1.165) is 0 Å². The highest BCUT2D eigenvalue weighted by atomic mass is 32.2. The summed E-state index contributed by atoms with van der Waals surface area (Å²) in [5, 5.41) is 26.2. The third-order valence-electron chi connectivity index (χ3n) is 6.20. The van der Waals surface area contributed by atoms with E-state index in [1.54, 1.807) is 60.7 Å². The Labute approximate surface area is 258 Å². The Bertz CT molecular complexity index is 2150. The molecule has 0 bridgehead atoms. The Morgan fingerprint density at radius 1 is 0.511 bits per heavy atom. The number of nitrogens with zero attached hydrogens (tertiary/aromatic N) is 6. The minimum atomic E-state index is -4.49. The summed E-state index contributed by atoms with van der Waals surface area (Å²) in [4.78, 5) is -0.560. The highest BCUT2D eigenvalue weighted by Crippen LogP contribution is 2.37. The van der Waals surface area contributed by atoms with Crippen LogP contribution in [0, 0.1) is 0 Å². The lowest BCUT2D eigenvalue weighted by Crippen LogP contribution is -1.97. The normalized spacial score (nSPS) is 12.5. The maximum absolute atomic E-state index is 11.9. The molecule has 13 nitrogen and oxygen atoms in total. The van der Waals surface area contributed by atoms with Crippen LogP contribution < -0.4 is 4.74 Å². The van der Waals surface area contributed by atoms with E-state index in [-0.39, 0.29) is 9.79 Å². The van der Waals surface area contributed by atoms with Crippen LogP contribution in [0.5, 0.6) is 5.75 Å². The molecule has 0 atom stereocenters. The molecular formula is C30H24N6O7S2. The molecule has 5 aromatic rings. The van der Waals surface area contributed by atoms with Crippen LogP contribution in [0.4, 0.5) is 34.1 Å². The maximum atomic E-state index is 11.9. The van der Waals surface area contributed by atoms with E-state index in [4.69, 9.17) is 9.29 Å². The molecule has 0 unspecified atom stereocenters. The van der Waals surface area contributed by atoms with Crippen LogP contribution in [-0.2, 0) is 20.2 Å². The first-order valence-corrected chi connectivity index (χ1v) is 16.1. The SMILES string of the molecule is CCOc1ccc(N=Nc2ccc(N=Nc3ccc(N=Nc4ccc(S(=O)(=O)O)cc4)cc3)c3cc(S(=O)(=O)O)ccc23)cc1. The molecule has 0 saturated heterocycles. The number of ether oxygens (including phenoxy) is 1. The first kappa shape index (κ1) is 31.2. The highest BCUT2D eigenvalue weighted by Gasteiger charge is 2.14. The zero-order valence-electron chi connectivity index (χ0n) is 23.5. The molecule has 45 heavy (non-hydrogen) atoms. The molecule has 0 amide bonds. The molecule has 228 valence electrons. The van der Waals surface area contributed by atoms with E-state index in [1.165, 1.54) is 42.5 Å². The molecule has 2 N–H and O–H groups in total. The summed E-state index contributed by atoms with van der Waals surface area (Å²) < 4.78 is 70.2. The minimum Gasteiger partial charge on any atom is -0.494 e. The van der Waals surface area contributed by atoms with Gasteiger partial charge in [-0.25, -0.2) is 0 Å². The number of fused-ring (bicyclic) bond motifs is 1. The largest absolute Gasteiger partial charge is 0.494 e. The van der Waals surface area contributed by atoms with Gasteiger partial charge in [0.15, 0.2) is 0 Å². The molecule has 0 heterocycles. The summed E-state index contributed by atoms with van der Waals surface area (Å²) in [7, 11) is -8.79. The van der Waals surface area contributed by atoms with Crippen LogP contribution in [0.15, 0.2) is 144 Å². The minimum absolute atomic E-state index is 0.249. The molecule has 0 spiro atoms. The number of benzene rings is 5. The summed E-state index contributed by atoms with van der Waals surface area (Å²) in [5.41, 5.74) is 2.69. The van der Waals surface area contributed by atoms with Crippen LogP contribution in [0.3, 0.4) is 0 Å². The lowest BCUT2D eigenvalue weighted by atomic mass is 10.1. The zero-order chi connectivity index (χ0) is 32.0. The van der Waals surface area contributed by atoms with Crippen molar-refractivity contribution in [1.29, 1.82) is 0 Å². The molecule has 0 aliphatic carbocycles. The average molecular weight is 645 g/mol. The van der Waals surface area contributed by atoms with E-state index < -0.39 is 20.2 Å². The van der Waals surface area contributed by atoms with Gasteiger partial charge >= 0.3 is 0 Å². The van der Waals surface area contributed by atoms with E-state index in [9.17, 15) is 21.4 Å². The van der Waals surface area contributed by atoms with Gasteiger partial charge in [-0.2, -0.15) is 37.3 Å². The van der Waals surface area contributed by atoms with Crippen molar-refractivity contribution in [3.05, 3.63) is 103 Å². The summed E-state index contributed by atoms with van der Waals surface area (Å²) >= 11 is 0. The number of hydrogen-bond donors (Lipinski definition) is 2. The van der Waals surface area contributed by atoms with Crippen molar-refractivity contribution in [2.24, 2.45) is 30.7 Å². The Morgan fingerprint density at radius 2 is 0.911 bits per heavy atom. The van der Waals surface area contributed by atoms with Crippen molar-refractivity contribution in [3.8, 4) is 5.75 Å². The molecule has 0 aromatic heterocycles. The van der Waals surface area contributed by atoms with Crippen molar-refractivity contribution in [1.82, 2.24) is 0 Å². The van der Waals surface area contributed by atoms with E-state index >= 15 is 0 Å². The molecule has 0 aliphatic heterocycles. The second-order valence-electron chi connectivity index (χ2n) is 9.30. The molecule has 5 aromatic carbocycles. The van der Waals surface area contributed by atoms with Gasteiger partial charge in [0.05, 0.1) is 50.5 Å². The number of azo groups is 3. The number of hydrogen-bond acceptors (Lipinski definition) is 11. The van der Waals surface area contributed by atoms with Gasteiger partial charge in [0.25, 0.3) is 20.2 Å². The Kier molecular flexibility index (Phi) is 9.15. The molecule has 0 saturated carbocycles. The van der Waals surface area contributed by atoms with E-state index in [1.807, 2.05) is 6.92 Å². The third kappa shape index (κ3) is 8.04. The predicted molar refractivity (Wildman–Crippen MR) is 167 cm³/mol. The summed E-state index contributed by atoms with van der Waals surface area (Å²) in [6, 6.07) is 26.2. The van der Waals surface area contributed by atoms with Crippen molar-refractivity contribution in [3.63, 3.8) is 0 Å². The first-order chi connectivity index (χ1) is 21.5. The Balaban J connectivity index is 1.39. The smallest absolute Gasteiger partial charge is 0.294 e. The van der Waals surface area contributed by atoms with Crippen LogP contribution in [0.1, 0.15) is 6.92 Å². The Morgan fingerprint density at radius 3 is 1.38 bits per heavy atom. The Hall–Kier alpha value is -5.22. The first-order valence-electron chi connectivity index (χ1n) is 13.2. The second-order valence-corrected chi connectivity index (χ2v) is 12.1. The van der Waals surface area contributed by atoms with Crippen LogP contribution in [0.25, 0.3) is 10.8 Å². The molecule has 0 aliphatic rings. The van der Waals surface area contributed by atoms with Gasteiger partial charge in [0.1, 0.15) is 5.75 Å². The summed E-state index contributed by atoms with van der Waals surface area (Å²) in [6.45, 7) is 2.43. The van der Waals surface area contributed by atoms with Gasteiger partial charge in [0.2, 0.25) is 0 Å². The fourth-order valence-electron chi connectivity index (χ4n) is 4.02. The fraction of sp³-hybridized carbons (Fsp3) is 0.0667. The third-order valence-corrected chi connectivity index (χ3v) is 7.92. The van der Waals surface area contributed by atoms with Gasteiger partial charge in [-0.1, -0.05) is 6.07 Å². The molecule has 15 heteroatoms. The van der Waals surface area contributed by atoms with Crippen LogP contribution in [0.2, 0.25) is 0 Å². The number of rotatable bonds is 10. The van der Waals surface area contributed by atoms with E-state index in [2.05, 4.69) is 30.7 Å². The predicted octanol–water partition coefficient (Wildman–Crippen LogP) is 8.98. The molecule has 5 rings (SSSR count). The molecular weight excluding hydrogens is 620 g/mol. The fourth-order valence-corrected chi connectivity index (χ4v) is 5.00. The average Bonchev–Trinajstić information content (AvgIpc) is 3.02. The lowest BCUT2D eigenvalue weighted by Gasteiger charge is -2.07. The molecule has 0 radical (unpaired) electrons. The van der Waals surface area contributed by atoms with Gasteiger partial charge in [-0.05, 0) is 104 Å². The lowest BCUT2D eigenvalue weighted by molar-refractivity contribution is 0.340. The van der Waals surface area contributed by atoms with Crippen LogP contribution in [-0.4, -0.2) is 32.5 Å². The zero-order valence-corrected chi connectivity index (χ0v) is 25.1. The second kappa shape index (κ2) is 13.2. The van der Waals surface area contributed by atoms with Gasteiger partial charge in [0, 0.05) is 10.8 Å². The van der Waals surface area contributed by atoms with E-state index in [0.29, 0.717) is 57.3 Å². The van der Waals surface area contributed by atoms with Crippen molar-refractivity contribution < 1.29 is 30.7 Å². The summed E-state index contributed by atoms with van der Waals surface area (Å²) in [5.74, 6) is 0.708.